The Balaban J connectivity index is 1.69. The summed E-state index contributed by atoms with van der Waals surface area (Å²) < 4.78 is 7.47. The van der Waals surface area contributed by atoms with Crippen molar-refractivity contribution in [2.75, 3.05) is 0 Å². The summed E-state index contributed by atoms with van der Waals surface area (Å²) in [6.45, 7) is 6.48. The molecule has 0 aliphatic carbocycles. The highest BCUT2D eigenvalue weighted by molar-refractivity contribution is 5.95. The minimum atomic E-state index is -0.114. The lowest BCUT2D eigenvalue weighted by Gasteiger charge is -2.11. The van der Waals surface area contributed by atoms with Gasteiger partial charge in [0.1, 0.15) is 5.75 Å². The van der Waals surface area contributed by atoms with Crippen LogP contribution in [0.1, 0.15) is 42.4 Å². The molecule has 0 unspecified atom stereocenters. The van der Waals surface area contributed by atoms with Crippen molar-refractivity contribution in [3.8, 4) is 11.4 Å². The third-order valence-corrected chi connectivity index (χ3v) is 4.20. The molecule has 3 rings (SSSR count). The van der Waals surface area contributed by atoms with Crippen LogP contribution in [0.25, 0.3) is 5.69 Å². The fourth-order valence-corrected chi connectivity index (χ4v) is 2.93. The minimum Gasteiger partial charge on any atom is -0.491 e. The summed E-state index contributed by atoms with van der Waals surface area (Å²) in [4.78, 5) is 12.7. The Morgan fingerprint density at radius 2 is 1.81 bits per heavy atom. The maximum absolute atomic E-state index is 12.7. The first-order valence-corrected chi connectivity index (χ1v) is 9.24. The molecule has 5 nitrogen and oxygen atoms in total. The lowest BCUT2D eigenvalue weighted by molar-refractivity contribution is 0.0950. The number of carbonyl (C=O) groups is 1. The largest absolute Gasteiger partial charge is 0.491 e. The van der Waals surface area contributed by atoms with Crippen molar-refractivity contribution in [1.29, 1.82) is 0 Å². The smallest absolute Gasteiger partial charge is 0.255 e. The number of aromatic nitrogens is 2. The van der Waals surface area contributed by atoms with E-state index in [9.17, 15) is 4.79 Å². The molecule has 0 saturated heterocycles. The molecule has 1 amide bonds. The van der Waals surface area contributed by atoms with Crippen LogP contribution in [0.2, 0.25) is 0 Å². The number of nitrogens with one attached hydrogen (secondary N) is 1. The maximum Gasteiger partial charge on any atom is 0.255 e. The summed E-state index contributed by atoms with van der Waals surface area (Å²) in [5.41, 5.74) is 3.49. The molecule has 0 fully saturated rings. The van der Waals surface area contributed by atoms with Crippen molar-refractivity contribution in [3.05, 3.63) is 77.6 Å². The topological polar surface area (TPSA) is 56.1 Å². The number of ether oxygens (including phenoxy) is 1. The molecule has 0 bridgehead atoms. The number of hydrogen-bond acceptors (Lipinski definition) is 3. The van der Waals surface area contributed by atoms with Gasteiger partial charge in [-0.25, -0.2) is 4.68 Å². The third kappa shape index (κ3) is 4.56. The summed E-state index contributed by atoms with van der Waals surface area (Å²) in [5.74, 6) is 0.717. The lowest BCUT2D eigenvalue weighted by Crippen LogP contribution is -2.23. The van der Waals surface area contributed by atoms with Crippen molar-refractivity contribution in [2.24, 2.45) is 0 Å². The van der Waals surface area contributed by atoms with Crippen molar-refractivity contribution in [3.63, 3.8) is 0 Å². The number of rotatable bonds is 7. The number of nitrogens with zero attached hydrogens (tertiary/aromatic N) is 2. The van der Waals surface area contributed by atoms with Gasteiger partial charge in [-0.2, -0.15) is 5.10 Å². The van der Waals surface area contributed by atoms with Gasteiger partial charge in [0, 0.05) is 6.54 Å². The molecule has 1 heterocycles. The average Bonchev–Trinajstić information content (AvgIpc) is 3.11. The molecule has 1 N–H and O–H groups in total. The zero-order valence-corrected chi connectivity index (χ0v) is 16.0. The number of hydrogen-bond donors (Lipinski definition) is 1. The molecule has 0 spiro atoms. The Morgan fingerprint density at radius 3 is 2.44 bits per heavy atom. The van der Waals surface area contributed by atoms with Gasteiger partial charge >= 0.3 is 0 Å². The highest BCUT2D eigenvalue weighted by Crippen LogP contribution is 2.17. The van der Waals surface area contributed by atoms with E-state index in [0.29, 0.717) is 12.1 Å². The molecule has 0 aliphatic heterocycles. The third-order valence-electron chi connectivity index (χ3n) is 4.20. The van der Waals surface area contributed by atoms with E-state index >= 15 is 0 Å². The molecule has 0 radical (unpaired) electrons. The van der Waals surface area contributed by atoms with E-state index in [0.717, 1.165) is 29.1 Å². The second-order valence-electron chi connectivity index (χ2n) is 6.60. The van der Waals surface area contributed by atoms with Crippen LogP contribution in [-0.2, 0) is 13.0 Å². The van der Waals surface area contributed by atoms with Crippen molar-refractivity contribution in [1.82, 2.24) is 15.1 Å². The zero-order valence-electron chi connectivity index (χ0n) is 16.0. The van der Waals surface area contributed by atoms with Crippen LogP contribution >= 0.6 is 0 Å². The van der Waals surface area contributed by atoms with Crippen LogP contribution in [0.5, 0.6) is 5.75 Å². The van der Waals surface area contributed by atoms with Crippen molar-refractivity contribution < 1.29 is 9.53 Å². The monoisotopic (exact) mass is 363 g/mol. The van der Waals surface area contributed by atoms with Gasteiger partial charge in [-0.05, 0) is 50.1 Å². The van der Waals surface area contributed by atoms with Gasteiger partial charge in [0.2, 0.25) is 0 Å². The van der Waals surface area contributed by atoms with Crippen molar-refractivity contribution in [2.45, 2.75) is 39.8 Å². The first-order chi connectivity index (χ1) is 13.1. The molecule has 27 heavy (non-hydrogen) atoms. The maximum atomic E-state index is 12.7. The molecular formula is C22H25N3O2. The van der Waals surface area contributed by atoms with E-state index in [-0.39, 0.29) is 12.0 Å². The second-order valence-corrected chi connectivity index (χ2v) is 6.60. The van der Waals surface area contributed by atoms with Crippen LogP contribution in [-0.4, -0.2) is 21.8 Å². The first kappa shape index (κ1) is 18.7. The Morgan fingerprint density at radius 1 is 1.11 bits per heavy atom. The van der Waals surface area contributed by atoms with E-state index in [1.54, 1.807) is 6.20 Å². The summed E-state index contributed by atoms with van der Waals surface area (Å²) in [5, 5.41) is 7.39. The number of amides is 1. The SMILES string of the molecule is CCc1c(C(=O)NCc2ccc(OC(C)C)cc2)cnn1-c1ccccc1. The Labute approximate surface area is 160 Å². The quantitative estimate of drug-likeness (QED) is 0.686. The summed E-state index contributed by atoms with van der Waals surface area (Å²) in [6, 6.07) is 17.6. The normalized spacial score (nSPS) is 10.8. The molecule has 0 atom stereocenters. The highest BCUT2D eigenvalue weighted by Gasteiger charge is 2.16. The van der Waals surface area contributed by atoms with Crippen LogP contribution in [0.4, 0.5) is 0 Å². The molecule has 0 saturated carbocycles. The van der Waals surface area contributed by atoms with Gasteiger partial charge < -0.3 is 10.1 Å². The fraction of sp³-hybridized carbons (Fsp3) is 0.273. The summed E-state index contributed by atoms with van der Waals surface area (Å²) in [6.07, 6.45) is 2.50. The predicted octanol–water partition coefficient (Wildman–Crippen LogP) is 4.15. The number of carbonyl (C=O) groups excluding carboxylic acids is 1. The average molecular weight is 363 g/mol. The minimum absolute atomic E-state index is 0.114. The molecule has 140 valence electrons. The molecular weight excluding hydrogens is 338 g/mol. The molecule has 1 aromatic heterocycles. The summed E-state index contributed by atoms with van der Waals surface area (Å²) >= 11 is 0. The number of para-hydroxylation sites is 1. The molecule has 0 aliphatic rings. The van der Waals surface area contributed by atoms with Crippen LogP contribution in [0.15, 0.2) is 60.8 Å². The van der Waals surface area contributed by atoms with Crippen molar-refractivity contribution >= 4 is 5.91 Å². The van der Waals surface area contributed by atoms with Crippen LogP contribution < -0.4 is 10.1 Å². The zero-order chi connectivity index (χ0) is 19.2. The van der Waals surface area contributed by atoms with Gasteiger partial charge in [0.05, 0.1) is 29.2 Å². The number of benzene rings is 2. The predicted molar refractivity (Wildman–Crippen MR) is 106 cm³/mol. The van der Waals surface area contributed by atoms with Gasteiger partial charge in [-0.1, -0.05) is 37.3 Å². The second kappa shape index (κ2) is 8.54. The Kier molecular flexibility index (Phi) is 5.91. The van der Waals surface area contributed by atoms with Gasteiger partial charge in [0.15, 0.2) is 0 Å². The fourth-order valence-electron chi connectivity index (χ4n) is 2.93. The highest BCUT2D eigenvalue weighted by atomic mass is 16.5. The van der Waals surface area contributed by atoms with E-state index in [1.165, 1.54) is 0 Å². The van der Waals surface area contributed by atoms with Gasteiger partial charge in [-0.3, -0.25) is 4.79 Å². The molecule has 3 aromatic rings. The first-order valence-electron chi connectivity index (χ1n) is 9.24. The van der Waals surface area contributed by atoms with Crippen LogP contribution in [0, 0.1) is 0 Å². The van der Waals surface area contributed by atoms with Gasteiger partial charge in [-0.15, -0.1) is 0 Å². The Hall–Kier alpha value is -3.08. The standard InChI is InChI=1S/C22H25N3O2/c1-4-21-20(15-24-25(21)18-8-6-5-7-9-18)22(26)23-14-17-10-12-19(13-11-17)27-16(2)3/h5-13,15-16H,4,14H2,1-3H3,(H,23,26). The van der Waals surface area contributed by atoms with E-state index < -0.39 is 0 Å². The van der Waals surface area contributed by atoms with E-state index in [2.05, 4.69) is 10.4 Å². The molecule has 2 aromatic carbocycles. The van der Waals surface area contributed by atoms with Crippen LogP contribution in [0.3, 0.4) is 0 Å². The van der Waals surface area contributed by atoms with E-state index in [4.69, 9.17) is 4.74 Å². The van der Waals surface area contributed by atoms with Gasteiger partial charge in [0.25, 0.3) is 5.91 Å². The Bertz CT molecular complexity index is 884. The lowest BCUT2D eigenvalue weighted by atomic mass is 10.1. The molecule has 5 heteroatoms. The van der Waals surface area contributed by atoms with E-state index in [1.807, 2.05) is 80.1 Å². The summed E-state index contributed by atoms with van der Waals surface area (Å²) in [7, 11) is 0.